The lowest BCUT2D eigenvalue weighted by molar-refractivity contribution is 0.102. The van der Waals surface area contributed by atoms with Crippen molar-refractivity contribution in [3.05, 3.63) is 76.6 Å². The minimum Gasteiger partial charge on any atom is -0.493 e. The fraction of sp³-hybridized carbons (Fsp3) is 0.208. The van der Waals surface area contributed by atoms with Gasteiger partial charge in [-0.2, -0.15) is 5.10 Å². The van der Waals surface area contributed by atoms with Gasteiger partial charge in [0, 0.05) is 23.5 Å². The quantitative estimate of drug-likeness (QED) is 0.474. The summed E-state index contributed by atoms with van der Waals surface area (Å²) in [4.78, 5) is 24.7. The van der Waals surface area contributed by atoms with E-state index in [2.05, 4.69) is 20.6 Å². The molecule has 4 rings (SSSR count). The lowest BCUT2D eigenvalue weighted by atomic mass is 10.1. The predicted octanol–water partition coefficient (Wildman–Crippen LogP) is 4.52. The molecule has 0 aliphatic carbocycles. The van der Waals surface area contributed by atoms with Crippen molar-refractivity contribution in [2.45, 2.75) is 6.42 Å². The van der Waals surface area contributed by atoms with E-state index in [4.69, 9.17) is 21.1 Å². The third-order valence-electron chi connectivity index (χ3n) is 5.19. The molecule has 0 radical (unpaired) electrons. The summed E-state index contributed by atoms with van der Waals surface area (Å²) in [6.07, 6.45) is 0.603. The summed E-state index contributed by atoms with van der Waals surface area (Å²) in [6, 6.07) is 16.0. The normalized spacial score (nSPS) is 13.3. The zero-order valence-electron chi connectivity index (χ0n) is 19.0. The van der Waals surface area contributed by atoms with E-state index in [1.54, 1.807) is 26.4 Å². The number of amides is 2. The van der Waals surface area contributed by atoms with Gasteiger partial charge in [-0.25, -0.2) is 5.01 Å². The van der Waals surface area contributed by atoms with Gasteiger partial charge in [0.2, 0.25) is 0 Å². The summed E-state index contributed by atoms with van der Waals surface area (Å²) in [6.45, 7) is 0.425. The topological polar surface area (TPSA) is 106 Å². The molecular formula is C24H22ClN5O4S. The fourth-order valence-corrected chi connectivity index (χ4v) is 4.21. The Morgan fingerprint density at radius 2 is 1.83 bits per heavy atom. The first kappa shape index (κ1) is 24.5. The Bertz CT molecular complexity index is 1250. The first-order valence-electron chi connectivity index (χ1n) is 10.6. The van der Waals surface area contributed by atoms with Gasteiger partial charge in [-0.05, 0) is 54.4 Å². The Morgan fingerprint density at radius 1 is 1.06 bits per heavy atom. The molecular weight excluding hydrogens is 490 g/mol. The number of halogens is 1. The molecule has 1 aromatic heterocycles. The Morgan fingerprint density at radius 3 is 2.51 bits per heavy atom. The van der Waals surface area contributed by atoms with E-state index in [1.165, 1.54) is 28.9 Å². The molecule has 2 aromatic carbocycles. The van der Waals surface area contributed by atoms with Crippen molar-refractivity contribution in [1.82, 2.24) is 15.2 Å². The molecule has 11 heteroatoms. The van der Waals surface area contributed by atoms with Crippen LogP contribution in [-0.2, 0) is 6.42 Å². The molecule has 0 unspecified atom stereocenters. The van der Waals surface area contributed by atoms with E-state index in [9.17, 15) is 9.59 Å². The molecule has 0 saturated heterocycles. The lowest BCUT2D eigenvalue weighted by Crippen LogP contribution is -2.31. The predicted molar refractivity (Wildman–Crippen MR) is 136 cm³/mol. The van der Waals surface area contributed by atoms with Crippen LogP contribution < -0.4 is 14.8 Å². The number of nitrogens with zero attached hydrogens (tertiary/aromatic N) is 4. The second-order valence-electron chi connectivity index (χ2n) is 7.44. The summed E-state index contributed by atoms with van der Waals surface area (Å²) in [7, 11) is 3.16. The highest BCUT2D eigenvalue weighted by atomic mass is 35.5. The van der Waals surface area contributed by atoms with Gasteiger partial charge in [0.25, 0.3) is 5.91 Å². The molecule has 0 spiro atoms. The van der Waals surface area contributed by atoms with Crippen LogP contribution in [0.15, 0.2) is 59.7 Å². The van der Waals surface area contributed by atoms with Gasteiger partial charge in [-0.1, -0.05) is 35.5 Å². The number of rotatable bonds is 8. The summed E-state index contributed by atoms with van der Waals surface area (Å²) in [5, 5.41) is 16.4. The van der Waals surface area contributed by atoms with Crippen molar-refractivity contribution >= 4 is 45.9 Å². The number of thioether (sulfide) groups is 1. The molecule has 2 heterocycles. The maximum atomic E-state index is 12.4. The first-order valence-corrected chi connectivity index (χ1v) is 12.0. The van der Waals surface area contributed by atoms with Crippen molar-refractivity contribution in [3.8, 4) is 11.5 Å². The van der Waals surface area contributed by atoms with Gasteiger partial charge >= 0.3 is 5.24 Å². The molecule has 1 aliphatic rings. The highest BCUT2D eigenvalue weighted by Gasteiger charge is 2.22. The molecule has 0 saturated carbocycles. The molecule has 1 aliphatic heterocycles. The van der Waals surface area contributed by atoms with Crippen molar-refractivity contribution in [2.24, 2.45) is 5.10 Å². The number of aromatic nitrogens is 2. The van der Waals surface area contributed by atoms with Crippen molar-refractivity contribution in [2.75, 3.05) is 31.8 Å². The van der Waals surface area contributed by atoms with E-state index >= 15 is 0 Å². The Labute approximate surface area is 211 Å². The van der Waals surface area contributed by atoms with Gasteiger partial charge in [-0.3, -0.25) is 9.59 Å². The zero-order chi connectivity index (χ0) is 24.8. The first-order chi connectivity index (χ1) is 17.0. The number of ether oxygens (including phenoxy) is 2. The van der Waals surface area contributed by atoms with Crippen LogP contribution in [0.4, 0.5) is 10.5 Å². The minimum absolute atomic E-state index is 0.0952. The number of benzene rings is 2. The average Bonchev–Trinajstić information content (AvgIpc) is 2.89. The van der Waals surface area contributed by atoms with Crippen LogP contribution in [0, 0.1) is 0 Å². The van der Waals surface area contributed by atoms with E-state index in [-0.39, 0.29) is 22.0 Å². The molecule has 180 valence electrons. The second-order valence-corrected chi connectivity index (χ2v) is 8.75. The average molecular weight is 512 g/mol. The number of carbonyl (C=O) groups is 2. The molecule has 0 fully saturated rings. The fourth-order valence-electron chi connectivity index (χ4n) is 3.34. The molecule has 1 N–H and O–H groups in total. The molecule has 0 bridgehead atoms. The maximum Gasteiger partial charge on any atom is 0.302 e. The number of carbonyl (C=O) groups excluding carboxylic acids is 2. The second kappa shape index (κ2) is 11.2. The SMILES string of the molecule is COc1ccc(C2=NN(CCc3ccc(NC(=O)c4ccc(Cl)nn4)cc3)C(=O)SC2)cc1OC. The van der Waals surface area contributed by atoms with Gasteiger partial charge in [0.05, 0.1) is 19.9 Å². The summed E-state index contributed by atoms with van der Waals surface area (Å²) >= 11 is 6.92. The maximum absolute atomic E-state index is 12.4. The van der Waals surface area contributed by atoms with E-state index in [0.29, 0.717) is 35.9 Å². The van der Waals surface area contributed by atoms with Crippen LogP contribution in [0.25, 0.3) is 0 Å². The number of hydrogen-bond donors (Lipinski definition) is 1. The lowest BCUT2D eigenvalue weighted by Gasteiger charge is -2.23. The Balaban J connectivity index is 1.38. The number of hydrogen-bond acceptors (Lipinski definition) is 8. The molecule has 0 atom stereocenters. The molecule has 35 heavy (non-hydrogen) atoms. The van der Waals surface area contributed by atoms with Gasteiger partial charge in [-0.15, -0.1) is 10.2 Å². The Hall–Kier alpha value is -3.63. The third-order valence-corrected chi connectivity index (χ3v) is 6.27. The van der Waals surface area contributed by atoms with Gasteiger partial charge in [0.1, 0.15) is 0 Å². The van der Waals surface area contributed by atoms with Crippen LogP contribution in [0.2, 0.25) is 5.15 Å². The molecule has 2 amide bonds. The monoisotopic (exact) mass is 511 g/mol. The number of nitrogens with one attached hydrogen (secondary N) is 1. The zero-order valence-corrected chi connectivity index (χ0v) is 20.6. The summed E-state index contributed by atoms with van der Waals surface area (Å²) < 4.78 is 10.7. The Kier molecular flexibility index (Phi) is 7.84. The van der Waals surface area contributed by atoms with Crippen LogP contribution in [0.3, 0.4) is 0 Å². The number of hydrazone groups is 1. The highest BCUT2D eigenvalue weighted by Crippen LogP contribution is 2.29. The van der Waals surface area contributed by atoms with Crippen molar-refractivity contribution in [1.29, 1.82) is 0 Å². The van der Waals surface area contributed by atoms with E-state index in [0.717, 1.165) is 16.8 Å². The van der Waals surface area contributed by atoms with Crippen LogP contribution >= 0.6 is 23.4 Å². The van der Waals surface area contributed by atoms with E-state index in [1.807, 2.05) is 30.3 Å². The summed E-state index contributed by atoms with van der Waals surface area (Å²) in [5.41, 5.74) is 3.45. The van der Waals surface area contributed by atoms with Crippen LogP contribution in [-0.4, -0.2) is 58.6 Å². The minimum atomic E-state index is -0.380. The smallest absolute Gasteiger partial charge is 0.302 e. The van der Waals surface area contributed by atoms with Crippen molar-refractivity contribution in [3.63, 3.8) is 0 Å². The summed E-state index contributed by atoms with van der Waals surface area (Å²) in [5.74, 6) is 1.34. The van der Waals surface area contributed by atoms with Gasteiger partial charge < -0.3 is 14.8 Å². The van der Waals surface area contributed by atoms with Gasteiger partial charge in [0.15, 0.2) is 22.3 Å². The standard InChI is InChI=1S/C24H22ClN5O4S/c1-33-20-9-5-16(13-21(20)34-2)19-14-35-24(32)30(29-19)12-11-15-3-6-17(7-4-15)26-23(31)18-8-10-22(25)28-27-18/h3-10,13H,11-12,14H2,1-2H3,(H,26,31). The van der Waals surface area contributed by atoms with E-state index < -0.39 is 0 Å². The van der Waals surface area contributed by atoms with Crippen molar-refractivity contribution < 1.29 is 19.1 Å². The van der Waals surface area contributed by atoms with Crippen LogP contribution in [0.5, 0.6) is 11.5 Å². The largest absolute Gasteiger partial charge is 0.493 e. The molecule has 3 aromatic rings. The molecule has 9 nitrogen and oxygen atoms in total. The van der Waals surface area contributed by atoms with Crippen LogP contribution in [0.1, 0.15) is 21.6 Å². The number of anilines is 1. The number of methoxy groups -OCH3 is 2. The highest BCUT2D eigenvalue weighted by molar-refractivity contribution is 8.14. The third kappa shape index (κ3) is 6.09.